The summed E-state index contributed by atoms with van der Waals surface area (Å²) in [6.07, 6.45) is -2.51. The predicted octanol–water partition coefficient (Wildman–Crippen LogP) is 4.58. The van der Waals surface area contributed by atoms with Crippen molar-refractivity contribution in [2.75, 3.05) is 18.6 Å². The van der Waals surface area contributed by atoms with E-state index in [1.165, 1.54) is 18.0 Å². The second-order valence-corrected chi connectivity index (χ2v) is 5.87. The number of carbonyl (C=O) groups excluding carboxylic acids is 2. The van der Waals surface area contributed by atoms with Gasteiger partial charge in [0.15, 0.2) is 6.61 Å². The van der Waals surface area contributed by atoms with Gasteiger partial charge in [-0.2, -0.15) is 13.2 Å². The molecular weight excluding hydrogens is 383 g/mol. The summed E-state index contributed by atoms with van der Waals surface area (Å²) in [5.41, 5.74) is -0.245. The molecule has 0 spiro atoms. The van der Waals surface area contributed by atoms with Gasteiger partial charge in [-0.05, 0) is 35.9 Å². The van der Waals surface area contributed by atoms with E-state index in [0.717, 1.165) is 24.3 Å². The molecule has 0 aliphatic heterocycles. The molecule has 0 unspecified atom stereocenters. The Hall–Kier alpha value is -2.80. The molecule has 0 saturated heterocycles. The van der Waals surface area contributed by atoms with Gasteiger partial charge >= 0.3 is 12.1 Å². The van der Waals surface area contributed by atoms with Gasteiger partial charge in [-0.15, -0.1) is 0 Å². The lowest BCUT2D eigenvalue weighted by Gasteiger charge is -2.16. The maximum Gasteiger partial charge on any atom is 0.417 e. The summed E-state index contributed by atoms with van der Waals surface area (Å²) in [5.74, 6) is -1.30. The zero-order chi connectivity index (χ0) is 20.0. The maximum absolute atomic E-state index is 12.8. The molecule has 0 aliphatic rings. The van der Waals surface area contributed by atoms with Gasteiger partial charge in [0, 0.05) is 18.8 Å². The first-order valence-corrected chi connectivity index (χ1v) is 8.09. The molecule has 4 nitrogen and oxygen atoms in total. The topological polar surface area (TPSA) is 46.6 Å². The fourth-order valence-corrected chi connectivity index (χ4v) is 2.33. The highest BCUT2D eigenvalue weighted by atomic mass is 35.5. The van der Waals surface area contributed by atoms with E-state index in [4.69, 9.17) is 16.3 Å². The summed E-state index contributed by atoms with van der Waals surface area (Å²) in [4.78, 5) is 25.0. The number of para-hydroxylation sites is 1. The molecule has 8 heteroatoms. The average Bonchev–Trinajstić information content (AvgIpc) is 2.64. The summed E-state index contributed by atoms with van der Waals surface area (Å²) in [7, 11) is 1.54. The lowest BCUT2D eigenvalue weighted by atomic mass is 10.1. The van der Waals surface area contributed by atoms with Gasteiger partial charge in [-0.25, -0.2) is 4.79 Å². The van der Waals surface area contributed by atoms with Crippen LogP contribution in [-0.4, -0.2) is 25.5 Å². The van der Waals surface area contributed by atoms with E-state index < -0.39 is 35.2 Å². The number of amides is 1. The number of likely N-dealkylation sites (N-methyl/N-ethyl adjacent to an activating group) is 1. The predicted molar refractivity (Wildman–Crippen MR) is 96.3 cm³/mol. The summed E-state index contributed by atoms with van der Waals surface area (Å²) in [6.45, 7) is -0.497. The quantitative estimate of drug-likeness (QED) is 0.548. The molecule has 0 aromatic heterocycles. The van der Waals surface area contributed by atoms with Gasteiger partial charge in [0.25, 0.3) is 5.91 Å². The van der Waals surface area contributed by atoms with Crippen LogP contribution in [0.3, 0.4) is 0 Å². The fourth-order valence-electron chi connectivity index (χ4n) is 2.10. The van der Waals surface area contributed by atoms with Crippen molar-refractivity contribution in [3.05, 3.63) is 70.8 Å². The molecule has 0 atom stereocenters. The first-order valence-electron chi connectivity index (χ1n) is 7.71. The minimum Gasteiger partial charge on any atom is -0.452 e. The lowest BCUT2D eigenvalue weighted by molar-refractivity contribution is -0.142. The molecule has 0 radical (unpaired) electrons. The molecule has 0 fully saturated rings. The molecule has 2 aromatic rings. The number of nitrogens with zero attached hydrogens (tertiary/aromatic N) is 1. The minimum absolute atomic E-state index is 0.122. The number of hydrogen-bond acceptors (Lipinski definition) is 3. The van der Waals surface area contributed by atoms with E-state index in [1.807, 2.05) is 0 Å². The van der Waals surface area contributed by atoms with Gasteiger partial charge in [0.1, 0.15) is 0 Å². The van der Waals surface area contributed by atoms with Crippen LogP contribution in [-0.2, 0) is 20.5 Å². The number of anilines is 1. The number of rotatable bonds is 5. The van der Waals surface area contributed by atoms with Crippen molar-refractivity contribution in [2.45, 2.75) is 6.18 Å². The van der Waals surface area contributed by atoms with Crippen LogP contribution in [0.2, 0.25) is 5.02 Å². The lowest BCUT2D eigenvalue weighted by Crippen LogP contribution is -2.30. The smallest absolute Gasteiger partial charge is 0.417 e. The third kappa shape index (κ3) is 5.86. The third-order valence-electron chi connectivity index (χ3n) is 3.56. The molecule has 0 bridgehead atoms. The van der Waals surface area contributed by atoms with E-state index in [-0.39, 0.29) is 5.56 Å². The number of carbonyl (C=O) groups is 2. The van der Waals surface area contributed by atoms with E-state index in [9.17, 15) is 22.8 Å². The highest BCUT2D eigenvalue weighted by molar-refractivity contribution is 6.31. The Morgan fingerprint density at radius 2 is 1.81 bits per heavy atom. The molecule has 0 N–H and O–H groups in total. The van der Waals surface area contributed by atoms with Crippen molar-refractivity contribution in [1.29, 1.82) is 0 Å². The fraction of sp³-hybridized carbons (Fsp3) is 0.158. The number of hydrogen-bond donors (Lipinski definition) is 0. The van der Waals surface area contributed by atoms with E-state index in [1.54, 1.807) is 30.3 Å². The largest absolute Gasteiger partial charge is 0.452 e. The second kappa shape index (κ2) is 8.73. The Balaban J connectivity index is 1.95. The first kappa shape index (κ1) is 20.5. The zero-order valence-corrected chi connectivity index (χ0v) is 14.9. The number of esters is 1. The number of benzene rings is 2. The van der Waals surface area contributed by atoms with Gasteiger partial charge in [-0.1, -0.05) is 35.9 Å². The molecule has 27 heavy (non-hydrogen) atoms. The van der Waals surface area contributed by atoms with Crippen LogP contribution in [0.5, 0.6) is 0 Å². The van der Waals surface area contributed by atoms with E-state index in [2.05, 4.69) is 0 Å². The standard InChI is InChI=1S/C19H15ClF3NO3/c1-24(14-5-3-2-4-6-14)17(25)12-27-18(26)10-8-13-7-9-16(20)15(11-13)19(21,22)23/h2-11H,12H2,1H3/b10-8+. The molecular formula is C19H15ClF3NO3. The van der Waals surface area contributed by atoms with Gasteiger partial charge < -0.3 is 9.64 Å². The summed E-state index contributed by atoms with van der Waals surface area (Å²) < 4.78 is 43.3. The van der Waals surface area contributed by atoms with Crippen LogP contribution in [0.1, 0.15) is 11.1 Å². The van der Waals surface area contributed by atoms with E-state index in [0.29, 0.717) is 5.69 Å². The minimum atomic E-state index is -4.60. The molecule has 0 heterocycles. The van der Waals surface area contributed by atoms with Crippen molar-refractivity contribution in [2.24, 2.45) is 0 Å². The van der Waals surface area contributed by atoms with Gasteiger partial charge in [-0.3, -0.25) is 4.79 Å². The molecule has 142 valence electrons. The van der Waals surface area contributed by atoms with Crippen LogP contribution < -0.4 is 4.90 Å². The normalized spacial score (nSPS) is 11.4. The van der Waals surface area contributed by atoms with Crippen LogP contribution in [0.4, 0.5) is 18.9 Å². The Bertz CT molecular complexity index is 851. The van der Waals surface area contributed by atoms with Crippen LogP contribution in [0, 0.1) is 0 Å². The van der Waals surface area contributed by atoms with Gasteiger partial charge in [0.05, 0.1) is 10.6 Å². The molecule has 0 aliphatic carbocycles. The van der Waals surface area contributed by atoms with Crippen molar-refractivity contribution in [3.8, 4) is 0 Å². The van der Waals surface area contributed by atoms with Crippen LogP contribution in [0.25, 0.3) is 6.08 Å². The highest BCUT2D eigenvalue weighted by Gasteiger charge is 2.33. The van der Waals surface area contributed by atoms with Crippen molar-refractivity contribution in [3.63, 3.8) is 0 Å². The first-order chi connectivity index (χ1) is 12.7. The number of halogens is 4. The Kier molecular flexibility index (Phi) is 6.63. The monoisotopic (exact) mass is 397 g/mol. The molecule has 2 aromatic carbocycles. The van der Waals surface area contributed by atoms with Crippen LogP contribution in [0.15, 0.2) is 54.6 Å². The third-order valence-corrected chi connectivity index (χ3v) is 3.89. The Morgan fingerprint density at radius 1 is 1.15 bits per heavy atom. The molecule has 1 amide bonds. The van der Waals surface area contributed by atoms with Crippen molar-refractivity contribution < 1.29 is 27.5 Å². The average molecular weight is 398 g/mol. The second-order valence-electron chi connectivity index (χ2n) is 5.47. The van der Waals surface area contributed by atoms with Crippen molar-refractivity contribution in [1.82, 2.24) is 0 Å². The summed E-state index contributed by atoms with van der Waals surface area (Å²) >= 11 is 5.53. The number of ether oxygens (including phenoxy) is 1. The Labute approximate surface area is 158 Å². The molecule has 2 rings (SSSR count). The zero-order valence-electron chi connectivity index (χ0n) is 14.2. The highest BCUT2D eigenvalue weighted by Crippen LogP contribution is 2.35. The number of alkyl halides is 3. The molecule has 0 saturated carbocycles. The SMILES string of the molecule is CN(C(=O)COC(=O)/C=C/c1ccc(Cl)c(C(F)(F)F)c1)c1ccccc1. The maximum atomic E-state index is 12.8. The summed E-state index contributed by atoms with van der Waals surface area (Å²) in [5, 5.41) is -0.434. The van der Waals surface area contributed by atoms with Crippen LogP contribution >= 0.6 is 11.6 Å². The van der Waals surface area contributed by atoms with Gasteiger partial charge in [0.2, 0.25) is 0 Å². The van der Waals surface area contributed by atoms with E-state index >= 15 is 0 Å². The van der Waals surface area contributed by atoms with Crippen molar-refractivity contribution >= 4 is 35.2 Å². The Morgan fingerprint density at radius 3 is 2.44 bits per heavy atom. The summed E-state index contributed by atoms with van der Waals surface area (Å²) in [6, 6.07) is 12.0.